The molecule has 4 N–H and O–H groups in total. The van der Waals surface area contributed by atoms with E-state index in [1.165, 1.54) is 12.1 Å². The molecule has 0 aromatic heterocycles. The summed E-state index contributed by atoms with van der Waals surface area (Å²) in [6, 6.07) is 3.83. The van der Waals surface area contributed by atoms with Crippen molar-refractivity contribution in [2.75, 3.05) is 5.43 Å². The molecule has 74 valence electrons. The average molecular weight is 197 g/mol. The number of hydrogen-bond donors (Lipinski definition) is 3. The van der Waals surface area contributed by atoms with Crippen molar-refractivity contribution in [3.8, 4) is 0 Å². The monoisotopic (exact) mass is 197 g/mol. The minimum Gasteiger partial charge on any atom is -0.477 e. The van der Waals surface area contributed by atoms with E-state index in [-0.39, 0.29) is 5.69 Å². The molecule has 0 amide bonds. The van der Waals surface area contributed by atoms with Crippen molar-refractivity contribution in [3.05, 3.63) is 33.9 Å². The molecule has 7 heteroatoms. The summed E-state index contributed by atoms with van der Waals surface area (Å²) in [6.45, 7) is 0. The standard InChI is InChI=1S/C7H7N3O4/c8-9-5-3-1-2-4(7(11)12)6(5)10(13)14/h1-3,9H,8H2,(H,11,12). The second kappa shape index (κ2) is 3.71. The molecular formula is C7H7N3O4. The van der Waals surface area contributed by atoms with E-state index in [2.05, 4.69) is 5.43 Å². The highest BCUT2D eigenvalue weighted by molar-refractivity contribution is 5.95. The minimum absolute atomic E-state index is 0.0325. The lowest BCUT2D eigenvalue weighted by atomic mass is 10.1. The SMILES string of the molecule is NNc1cccc(C(=O)O)c1[N+](=O)[O-]. The van der Waals surface area contributed by atoms with E-state index >= 15 is 0 Å². The highest BCUT2D eigenvalue weighted by Crippen LogP contribution is 2.27. The van der Waals surface area contributed by atoms with Crippen LogP contribution in [0.1, 0.15) is 10.4 Å². The molecule has 0 fully saturated rings. The number of aromatic carboxylic acids is 1. The second-order valence-corrected chi connectivity index (χ2v) is 2.41. The molecule has 0 saturated heterocycles. The number of rotatable bonds is 3. The lowest BCUT2D eigenvalue weighted by Gasteiger charge is -2.03. The summed E-state index contributed by atoms with van der Waals surface area (Å²) in [5.41, 5.74) is 1.10. The number of carboxylic acid groups (broad SMARTS) is 1. The average Bonchev–Trinajstić information content (AvgIpc) is 2.16. The summed E-state index contributed by atoms with van der Waals surface area (Å²) >= 11 is 0. The van der Waals surface area contributed by atoms with Gasteiger partial charge in [-0.05, 0) is 12.1 Å². The van der Waals surface area contributed by atoms with Gasteiger partial charge < -0.3 is 10.5 Å². The van der Waals surface area contributed by atoms with E-state index in [1.807, 2.05) is 0 Å². The van der Waals surface area contributed by atoms with E-state index in [0.29, 0.717) is 0 Å². The van der Waals surface area contributed by atoms with Gasteiger partial charge in [0.15, 0.2) is 0 Å². The van der Waals surface area contributed by atoms with Gasteiger partial charge in [0.05, 0.1) is 4.92 Å². The summed E-state index contributed by atoms with van der Waals surface area (Å²) in [6.07, 6.45) is 0. The number of carbonyl (C=O) groups is 1. The fourth-order valence-corrected chi connectivity index (χ4v) is 1.03. The molecular weight excluding hydrogens is 190 g/mol. The first-order valence-corrected chi connectivity index (χ1v) is 3.55. The summed E-state index contributed by atoms with van der Waals surface area (Å²) in [4.78, 5) is 20.4. The van der Waals surface area contributed by atoms with Gasteiger partial charge in [0, 0.05) is 0 Å². The number of nitrogen functional groups attached to an aromatic ring is 1. The van der Waals surface area contributed by atoms with Gasteiger partial charge in [0.25, 0.3) is 0 Å². The number of carboxylic acids is 1. The van der Waals surface area contributed by atoms with Crippen molar-refractivity contribution in [2.24, 2.45) is 5.84 Å². The quantitative estimate of drug-likeness (QED) is 0.370. The van der Waals surface area contributed by atoms with Crippen LogP contribution in [0.4, 0.5) is 11.4 Å². The van der Waals surface area contributed by atoms with Crippen LogP contribution in [0.2, 0.25) is 0 Å². The van der Waals surface area contributed by atoms with E-state index < -0.39 is 22.1 Å². The third-order valence-corrected chi connectivity index (χ3v) is 1.60. The first kappa shape index (κ1) is 9.93. The van der Waals surface area contributed by atoms with Crippen LogP contribution < -0.4 is 11.3 Å². The number of anilines is 1. The topological polar surface area (TPSA) is 118 Å². The molecule has 0 radical (unpaired) electrons. The Kier molecular flexibility index (Phi) is 2.63. The summed E-state index contributed by atoms with van der Waals surface area (Å²) in [5.74, 6) is 3.64. The maximum atomic E-state index is 10.6. The van der Waals surface area contributed by atoms with Crippen LogP contribution in [-0.2, 0) is 0 Å². The third kappa shape index (κ3) is 1.62. The van der Waals surface area contributed by atoms with Gasteiger partial charge in [-0.15, -0.1) is 0 Å². The van der Waals surface area contributed by atoms with Crippen molar-refractivity contribution in [2.45, 2.75) is 0 Å². The number of nitro groups is 1. The zero-order valence-electron chi connectivity index (χ0n) is 6.93. The van der Waals surface area contributed by atoms with Crippen molar-refractivity contribution < 1.29 is 14.8 Å². The molecule has 0 atom stereocenters. The Bertz CT molecular complexity index is 391. The molecule has 7 nitrogen and oxygen atoms in total. The van der Waals surface area contributed by atoms with Crippen molar-refractivity contribution in [1.82, 2.24) is 0 Å². The van der Waals surface area contributed by atoms with Gasteiger partial charge in [0.2, 0.25) is 0 Å². The lowest BCUT2D eigenvalue weighted by Crippen LogP contribution is -2.11. The smallest absolute Gasteiger partial charge is 0.342 e. The third-order valence-electron chi connectivity index (χ3n) is 1.60. The molecule has 0 aliphatic carbocycles. The van der Waals surface area contributed by atoms with Crippen LogP contribution in [0.25, 0.3) is 0 Å². The maximum absolute atomic E-state index is 10.6. The highest BCUT2D eigenvalue weighted by Gasteiger charge is 2.23. The van der Waals surface area contributed by atoms with Gasteiger partial charge in [0.1, 0.15) is 11.3 Å². The van der Waals surface area contributed by atoms with E-state index in [4.69, 9.17) is 10.9 Å². The fraction of sp³-hybridized carbons (Fsp3) is 0. The molecule has 0 aliphatic heterocycles. The number of nitrogens with two attached hydrogens (primary N) is 1. The Hall–Kier alpha value is -2.15. The van der Waals surface area contributed by atoms with Gasteiger partial charge >= 0.3 is 11.7 Å². The molecule has 0 spiro atoms. The maximum Gasteiger partial charge on any atom is 0.342 e. The predicted molar refractivity (Wildman–Crippen MR) is 47.9 cm³/mol. The highest BCUT2D eigenvalue weighted by atomic mass is 16.6. The number of para-hydroxylation sites is 1. The van der Waals surface area contributed by atoms with Gasteiger partial charge in [-0.3, -0.25) is 16.0 Å². The number of hydrazine groups is 1. The first-order chi connectivity index (χ1) is 6.57. The number of hydrogen-bond acceptors (Lipinski definition) is 5. The van der Waals surface area contributed by atoms with E-state index in [0.717, 1.165) is 6.07 Å². The zero-order valence-corrected chi connectivity index (χ0v) is 6.93. The van der Waals surface area contributed by atoms with Crippen LogP contribution in [0.3, 0.4) is 0 Å². The van der Waals surface area contributed by atoms with Crippen molar-refractivity contribution in [3.63, 3.8) is 0 Å². The molecule has 0 heterocycles. The molecule has 1 aromatic carbocycles. The predicted octanol–water partition coefficient (Wildman–Crippen LogP) is 0.579. The first-order valence-electron chi connectivity index (χ1n) is 3.55. The second-order valence-electron chi connectivity index (χ2n) is 2.41. The largest absolute Gasteiger partial charge is 0.477 e. The van der Waals surface area contributed by atoms with Gasteiger partial charge in [-0.2, -0.15) is 0 Å². The Morgan fingerprint density at radius 2 is 2.21 bits per heavy atom. The van der Waals surface area contributed by atoms with Crippen LogP contribution in [0.15, 0.2) is 18.2 Å². The minimum atomic E-state index is -1.37. The van der Waals surface area contributed by atoms with Gasteiger partial charge in [-0.25, -0.2) is 4.79 Å². The van der Waals surface area contributed by atoms with Crippen LogP contribution in [0, 0.1) is 10.1 Å². The van der Waals surface area contributed by atoms with E-state index in [1.54, 1.807) is 0 Å². The summed E-state index contributed by atoms with van der Waals surface area (Å²) in [5, 5.41) is 19.2. The number of nitrogens with one attached hydrogen (secondary N) is 1. The molecule has 0 aliphatic rings. The van der Waals surface area contributed by atoms with E-state index in [9.17, 15) is 14.9 Å². The van der Waals surface area contributed by atoms with Crippen LogP contribution in [-0.4, -0.2) is 16.0 Å². The van der Waals surface area contributed by atoms with Crippen LogP contribution >= 0.6 is 0 Å². The van der Waals surface area contributed by atoms with Crippen molar-refractivity contribution in [1.29, 1.82) is 0 Å². The lowest BCUT2D eigenvalue weighted by molar-refractivity contribution is -0.384. The Morgan fingerprint density at radius 3 is 2.64 bits per heavy atom. The Labute approximate surface area is 78.3 Å². The molecule has 0 unspecified atom stereocenters. The van der Waals surface area contributed by atoms with Crippen molar-refractivity contribution >= 4 is 17.3 Å². The molecule has 14 heavy (non-hydrogen) atoms. The van der Waals surface area contributed by atoms with Gasteiger partial charge in [-0.1, -0.05) is 6.07 Å². The van der Waals surface area contributed by atoms with Crippen LogP contribution in [0.5, 0.6) is 0 Å². The normalized spacial score (nSPS) is 9.50. The Morgan fingerprint density at radius 1 is 1.57 bits per heavy atom. The summed E-state index contributed by atoms with van der Waals surface area (Å²) < 4.78 is 0. The Balaban J connectivity index is 3.43. The number of benzene rings is 1. The molecule has 1 rings (SSSR count). The number of nitro benzene ring substituents is 1. The molecule has 0 bridgehead atoms. The molecule has 1 aromatic rings. The molecule has 0 saturated carbocycles. The number of nitrogens with zero attached hydrogens (tertiary/aromatic N) is 1. The fourth-order valence-electron chi connectivity index (χ4n) is 1.03. The summed E-state index contributed by atoms with van der Waals surface area (Å²) in [7, 11) is 0. The zero-order chi connectivity index (χ0) is 10.7.